The van der Waals surface area contributed by atoms with Gasteiger partial charge >= 0.3 is 0 Å². The topological polar surface area (TPSA) is 0 Å². The van der Waals surface area contributed by atoms with E-state index < -0.39 is 0 Å². The summed E-state index contributed by atoms with van der Waals surface area (Å²) in [4.78, 5) is 0. The smallest absolute Gasteiger partial charge is 0.0212 e. The Morgan fingerprint density at radius 1 is 1.10 bits per heavy atom. The van der Waals surface area contributed by atoms with Gasteiger partial charge in [-0.1, -0.05) is 54.3 Å². The van der Waals surface area contributed by atoms with Crippen LogP contribution in [-0.2, 0) is 0 Å². The fraction of sp³-hybridized carbons (Fsp3) is 0.778. The van der Waals surface area contributed by atoms with Gasteiger partial charge < -0.3 is 0 Å². The molecule has 0 bridgehead atoms. The standard InChI is InChI=1S/C9H17Br/c1-2-3-4-5-6-7-8-9-10/h7-8H,2-6,9H2,1H3/b8-7+. The molecular formula is C9H17Br. The summed E-state index contributed by atoms with van der Waals surface area (Å²) in [7, 11) is 0. The molecular weight excluding hydrogens is 188 g/mol. The molecule has 0 saturated carbocycles. The Bertz CT molecular complexity index is 76.8. The second kappa shape index (κ2) is 9.22. The molecule has 0 unspecified atom stereocenters. The molecule has 0 N–H and O–H groups in total. The molecule has 0 aromatic heterocycles. The molecule has 0 aromatic carbocycles. The van der Waals surface area contributed by atoms with Gasteiger partial charge in [-0.3, -0.25) is 0 Å². The van der Waals surface area contributed by atoms with Gasteiger partial charge in [0.05, 0.1) is 0 Å². The number of unbranched alkanes of at least 4 members (excludes halogenated alkanes) is 4. The van der Waals surface area contributed by atoms with Crippen LogP contribution in [0.3, 0.4) is 0 Å². The lowest BCUT2D eigenvalue weighted by Crippen LogP contribution is -1.73. The molecule has 0 nitrogen and oxygen atoms in total. The molecule has 0 atom stereocenters. The second-order valence-corrected chi connectivity index (χ2v) is 3.12. The Hall–Kier alpha value is 0.220. The summed E-state index contributed by atoms with van der Waals surface area (Å²) in [6, 6.07) is 0. The van der Waals surface area contributed by atoms with Crippen molar-refractivity contribution in [2.24, 2.45) is 0 Å². The number of rotatable bonds is 6. The fourth-order valence-electron chi connectivity index (χ4n) is 0.870. The van der Waals surface area contributed by atoms with E-state index in [2.05, 4.69) is 35.0 Å². The van der Waals surface area contributed by atoms with E-state index in [4.69, 9.17) is 0 Å². The van der Waals surface area contributed by atoms with Gasteiger partial charge in [0.2, 0.25) is 0 Å². The first-order chi connectivity index (χ1) is 4.91. The maximum absolute atomic E-state index is 3.35. The molecule has 10 heavy (non-hydrogen) atoms. The number of halogens is 1. The first-order valence-corrected chi connectivity index (χ1v) is 5.25. The minimum absolute atomic E-state index is 1.00. The summed E-state index contributed by atoms with van der Waals surface area (Å²) in [6.07, 6.45) is 11.2. The van der Waals surface area contributed by atoms with Crippen LogP contribution in [0, 0.1) is 0 Å². The van der Waals surface area contributed by atoms with Gasteiger partial charge in [-0.2, -0.15) is 0 Å². The largest absolute Gasteiger partial charge is 0.0883 e. The first-order valence-electron chi connectivity index (χ1n) is 4.12. The average molecular weight is 205 g/mol. The van der Waals surface area contributed by atoms with Crippen molar-refractivity contribution >= 4 is 15.9 Å². The molecule has 0 spiro atoms. The summed E-state index contributed by atoms with van der Waals surface area (Å²) < 4.78 is 0. The summed E-state index contributed by atoms with van der Waals surface area (Å²) in [6.45, 7) is 2.24. The molecule has 0 saturated heterocycles. The van der Waals surface area contributed by atoms with Crippen molar-refractivity contribution in [3.63, 3.8) is 0 Å². The molecule has 0 fully saturated rings. The zero-order valence-corrected chi connectivity index (χ0v) is 8.36. The van der Waals surface area contributed by atoms with Crippen LogP contribution in [0.2, 0.25) is 0 Å². The monoisotopic (exact) mass is 204 g/mol. The third kappa shape index (κ3) is 8.22. The van der Waals surface area contributed by atoms with Gasteiger partial charge in [0.15, 0.2) is 0 Å². The number of allylic oxidation sites excluding steroid dienone is 2. The van der Waals surface area contributed by atoms with Crippen molar-refractivity contribution in [2.45, 2.75) is 39.0 Å². The molecule has 0 aliphatic heterocycles. The number of alkyl halides is 1. The quantitative estimate of drug-likeness (QED) is 0.350. The van der Waals surface area contributed by atoms with E-state index in [-0.39, 0.29) is 0 Å². The average Bonchev–Trinajstić information content (AvgIpc) is 1.97. The van der Waals surface area contributed by atoms with E-state index >= 15 is 0 Å². The van der Waals surface area contributed by atoms with Crippen LogP contribution in [0.5, 0.6) is 0 Å². The van der Waals surface area contributed by atoms with Crippen LogP contribution >= 0.6 is 15.9 Å². The Labute approximate surface area is 72.8 Å². The maximum atomic E-state index is 3.35. The summed E-state index contributed by atoms with van der Waals surface area (Å²) in [5.41, 5.74) is 0. The number of hydrogen-bond acceptors (Lipinski definition) is 0. The van der Waals surface area contributed by atoms with E-state index in [1.807, 2.05) is 0 Å². The van der Waals surface area contributed by atoms with Crippen LogP contribution < -0.4 is 0 Å². The Balaban J connectivity index is 2.83. The minimum atomic E-state index is 1.00. The van der Waals surface area contributed by atoms with Crippen molar-refractivity contribution in [1.29, 1.82) is 0 Å². The van der Waals surface area contributed by atoms with E-state index in [1.54, 1.807) is 0 Å². The molecule has 0 aliphatic rings. The molecule has 0 aromatic rings. The van der Waals surface area contributed by atoms with Crippen molar-refractivity contribution in [2.75, 3.05) is 5.33 Å². The summed E-state index contributed by atoms with van der Waals surface area (Å²) in [5.74, 6) is 0. The minimum Gasteiger partial charge on any atom is -0.0883 e. The molecule has 0 rings (SSSR count). The molecule has 1 heteroatoms. The van der Waals surface area contributed by atoms with Gasteiger partial charge in [0.25, 0.3) is 0 Å². The summed E-state index contributed by atoms with van der Waals surface area (Å²) in [5, 5.41) is 1.00. The van der Waals surface area contributed by atoms with Crippen LogP contribution in [0.4, 0.5) is 0 Å². The molecule has 0 radical (unpaired) electrons. The Kier molecular flexibility index (Phi) is 9.42. The first kappa shape index (κ1) is 10.2. The maximum Gasteiger partial charge on any atom is 0.0212 e. The van der Waals surface area contributed by atoms with Crippen molar-refractivity contribution < 1.29 is 0 Å². The fourth-order valence-corrected chi connectivity index (χ4v) is 1.13. The van der Waals surface area contributed by atoms with Crippen LogP contribution in [-0.4, -0.2) is 5.33 Å². The Morgan fingerprint density at radius 2 is 1.90 bits per heavy atom. The lowest BCUT2D eigenvalue weighted by Gasteiger charge is -1.92. The normalized spacial score (nSPS) is 11.0. The van der Waals surface area contributed by atoms with Gasteiger partial charge in [-0.15, -0.1) is 0 Å². The third-order valence-corrected chi connectivity index (χ3v) is 1.85. The SMILES string of the molecule is CCCCCC/C=C/CBr. The highest BCUT2D eigenvalue weighted by atomic mass is 79.9. The molecule has 0 heterocycles. The highest BCUT2D eigenvalue weighted by molar-refractivity contribution is 9.09. The van der Waals surface area contributed by atoms with E-state index in [0.717, 1.165) is 5.33 Å². The molecule has 0 amide bonds. The lowest BCUT2D eigenvalue weighted by atomic mass is 10.1. The Morgan fingerprint density at radius 3 is 2.50 bits per heavy atom. The van der Waals surface area contributed by atoms with Gasteiger partial charge in [0, 0.05) is 5.33 Å². The van der Waals surface area contributed by atoms with Gasteiger partial charge in [-0.25, -0.2) is 0 Å². The predicted octanol–water partition coefficient (Wildman–Crippen LogP) is 3.91. The van der Waals surface area contributed by atoms with Crippen molar-refractivity contribution in [3.05, 3.63) is 12.2 Å². The zero-order chi connectivity index (χ0) is 7.66. The van der Waals surface area contributed by atoms with E-state index in [9.17, 15) is 0 Å². The summed E-state index contributed by atoms with van der Waals surface area (Å²) >= 11 is 3.35. The third-order valence-electron chi connectivity index (χ3n) is 1.48. The van der Waals surface area contributed by atoms with E-state index in [1.165, 1.54) is 32.1 Å². The highest BCUT2D eigenvalue weighted by Crippen LogP contribution is 2.02. The lowest BCUT2D eigenvalue weighted by molar-refractivity contribution is 0.674. The molecule has 0 aliphatic carbocycles. The van der Waals surface area contributed by atoms with Crippen molar-refractivity contribution in [3.8, 4) is 0 Å². The van der Waals surface area contributed by atoms with Crippen LogP contribution in [0.1, 0.15) is 39.0 Å². The predicted molar refractivity (Wildman–Crippen MR) is 51.7 cm³/mol. The zero-order valence-electron chi connectivity index (χ0n) is 6.78. The second-order valence-electron chi connectivity index (χ2n) is 2.48. The number of hydrogen-bond donors (Lipinski definition) is 0. The van der Waals surface area contributed by atoms with Crippen molar-refractivity contribution in [1.82, 2.24) is 0 Å². The van der Waals surface area contributed by atoms with E-state index in [0.29, 0.717) is 0 Å². The highest BCUT2D eigenvalue weighted by Gasteiger charge is 1.82. The van der Waals surface area contributed by atoms with Crippen LogP contribution in [0.25, 0.3) is 0 Å². The van der Waals surface area contributed by atoms with Gasteiger partial charge in [0.1, 0.15) is 0 Å². The molecule has 60 valence electrons. The van der Waals surface area contributed by atoms with Gasteiger partial charge in [-0.05, 0) is 12.8 Å². The van der Waals surface area contributed by atoms with Crippen LogP contribution in [0.15, 0.2) is 12.2 Å².